The van der Waals surface area contributed by atoms with Crippen LogP contribution in [0.5, 0.6) is 5.75 Å². The van der Waals surface area contributed by atoms with Gasteiger partial charge in [-0.15, -0.1) is 13.2 Å². The second kappa shape index (κ2) is 6.77. The Bertz CT molecular complexity index is 394. The van der Waals surface area contributed by atoms with Crippen molar-refractivity contribution >= 4 is 0 Å². The van der Waals surface area contributed by atoms with Crippen molar-refractivity contribution in [1.82, 2.24) is 10.2 Å². The van der Waals surface area contributed by atoms with E-state index in [0.29, 0.717) is 12.0 Å². The molecule has 0 aliphatic heterocycles. The maximum atomic E-state index is 12.4. The van der Waals surface area contributed by atoms with Crippen LogP contribution in [0.25, 0.3) is 0 Å². The van der Waals surface area contributed by atoms with Crippen LogP contribution in [0.4, 0.5) is 13.2 Å². The maximum absolute atomic E-state index is 12.4. The molecule has 6 heteroatoms. The van der Waals surface area contributed by atoms with Gasteiger partial charge in [-0.1, -0.05) is 18.2 Å². The zero-order chi connectivity index (χ0) is 14.5. The van der Waals surface area contributed by atoms with Gasteiger partial charge in [-0.25, -0.2) is 0 Å². The van der Waals surface area contributed by atoms with Crippen molar-refractivity contribution in [1.29, 1.82) is 0 Å². The van der Waals surface area contributed by atoms with Crippen molar-refractivity contribution in [2.45, 2.75) is 18.8 Å². The second-order valence-electron chi connectivity index (χ2n) is 4.52. The summed E-state index contributed by atoms with van der Waals surface area (Å²) in [5, 5.41) is 3.03. The molecule has 0 aromatic heterocycles. The fourth-order valence-electron chi connectivity index (χ4n) is 1.83. The Kier molecular flexibility index (Phi) is 5.62. The molecule has 1 unspecified atom stereocenters. The number of hydrogen-bond donors (Lipinski definition) is 1. The van der Waals surface area contributed by atoms with Gasteiger partial charge in [0, 0.05) is 11.6 Å². The first-order valence-corrected chi connectivity index (χ1v) is 6.00. The summed E-state index contributed by atoms with van der Waals surface area (Å²) in [5.74, 6) is -0.145. The third-order valence-corrected chi connectivity index (χ3v) is 2.73. The van der Waals surface area contributed by atoms with Crippen LogP contribution in [0, 0.1) is 0 Å². The lowest BCUT2D eigenvalue weighted by atomic mass is 10.0. The summed E-state index contributed by atoms with van der Waals surface area (Å²) < 4.78 is 41.1. The van der Waals surface area contributed by atoms with Gasteiger partial charge >= 0.3 is 6.36 Å². The number of ether oxygens (including phenoxy) is 1. The zero-order valence-corrected chi connectivity index (χ0v) is 11.3. The Morgan fingerprint density at radius 1 is 1.26 bits per heavy atom. The maximum Gasteiger partial charge on any atom is 0.573 e. The van der Waals surface area contributed by atoms with Gasteiger partial charge in [-0.2, -0.15) is 0 Å². The van der Waals surface area contributed by atoms with E-state index in [2.05, 4.69) is 10.1 Å². The van der Waals surface area contributed by atoms with E-state index in [4.69, 9.17) is 0 Å². The fourth-order valence-corrected chi connectivity index (χ4v) is 1.83. The third-order valence-electron chi connectivity index (χ3n) is 2.73. The SMILES string of the molecule is CNC(CCN(C)C)c1ccccc1OC(F)(F)F. The Morgan fingerprint density at radius 3 is 2.42 bits per heavy atom. The van der Waals surface area contributed by atoms with Crippen molar-refractivity contribution in [2.75, 3.05) is 27.7 Å². The number of halogens is 3. The number of rotatable bonds is 6. The number of alkyl halides is 3. The summed E-state index contributed by atoms with van der Waals surface area (Å²) in [5.41, 5.74) is 0.518. The molecule has 1 rings (SSSR count). The summed E-state index contributed by atoms with van der Waals surface area (Å²) in [4.78, 5) is 1.98. The molecule has 0 bridgehead atoms. The fraction of sp³-hybridized carbons (Fsp3) is 0.538. The highest BCUT2D eigenvalue weighted by molar-refractivity contribution is 5.36. The lowest BCUT2D eigenvalue weighted by Crippen LogP contribution is -2.25. The molecular weight excluding hydrogens is 257 g/mol. The van der Waals surface area contributed by atoms with E-state index in [0.717, 1.165) is 6.54 Å². The molecule has 108 valence electrons. The van der Waals surface area contributed by atoms with Gasteiger partial charge in [0.2, 0.25) is 0 Å². The number of para-hydroxylation sites is 1. The molecule has 1 aromatic carbocycles. The third kappa shape index (κ3) is 5.48. The lowest BCUT2D eigenvalue weighted by Gasteiger charge is -2.22. The molecule has 0 spiro atoms. The first kappa shape index (κ1) is 15.8. The van der Waals surface area contributed by atoms with Crippen LogP contribution in [0.15, 0.2) is 24.3 Å². The Morgan fingerprint density at radius 2 is 1.89 bits per heavy atom. The number of nitrogens with one attached hydrogen (secondary N) is 1. The van der Waals surface area contributed by atoms with Crippen molar-refractivity contribution < 1.29 is 17.9 Å². The molecule has 0 aliphatic carbocycles. The number of benzene rings is 1. The Hall–Kier alpha value is -1.27. The zero-order valence-electron chi connectivity index (χ0n) is 11.3. The largest absolute Gasteiger partial charge is 0.573 e. The molecule has 19 heavy (non-hydrogen) atoms. The molecule has 0 heterocycles. The van der Waals surface area contributed by atoms with Crippen LogP contribution in [-0.2, 0) is 0 Å². The van der Waals surface area contributed by atoms with Gasteiger partial charge in [0.05, 0.1) is 0 Å². The monoisotopic (exact) mass is 276 g/mol. The lowest BCUT2D eigenvalue weighted by molar-refractivity contribution is -0.275. The average Bonchev–Trinajstić information content (AvgIpc) is 2.29. The number of hydrogen-bond acceptors (Lipinski definition) is 3. The van der Waals surface area contributed by atoms with Crippen molar-refractivity contribution in [2.24, 2.45) is 0 Å². The van der Waals surface area contributed by atoms with Crippen LogP contribution in [0.3, 0.4) is 0 Å². The summed E-state index contributed by atoms with van der Waals surface area (Å²) in [6.45, 7) is 0.770. The Labute approximate surface area is 111 Å². The van der Waals surface area contributed by atoms with E-state index in [1.165, 1.54) is 12.1 Å². The van der Waals surface area contributed by atoms with Crippen LogP contribution < -0.4 is 10.1 Å². The smallest absolute Gasteiger partial charge is 0.405 e. The van der Waals surface area contributed by atoms with Gasteiger partial charge in [0.15, 0.2) is 0 Å². The van der Waals surface area contributed by atoms with Crippen molar-refractivity contribution in [3.63, 3.8) is 0 Å². The van der Waals surface area contributed by atoms with Crippen LogP contribution in [0.2, 0.25) is 0 Å². The van der Waals surface area contributed by atoms with E-state index in [9.17, 15) is 13.2 Å². The molecule has 0 radical (unpaired) electrons. The van der Waals surface area contributed by atoms with Crippen molar-refractivity contribution in [3.8, 4) is 5.75 Å². The van der Waals surface area contributed by atoms with Gasteiger partial charge in [-0.3, -0.25) is 0 Å². The molecule has 0 saturated carbocycles. The first-order valence-electron chi connectivity index (χ1n) is 6.00. The standard InChI is InChI=1S/C13H19F3N2O/c1-17-11(8-9-18(2)3)10-6-4-5-7-12(10)19-13(14,15)16/h4-7,11,17H,8-9H2,1-3H3. The highest BCUT2D eigenvalue weighted by Gasteiger charge is 2.32. The van der Waals surface area contributed by atoms with E-state index < -0.39 is 6.36 Å². The van der Waals surface area contributed by atoms with Crippen molar-refractivity contribution in [3.05, 3.63) is 29.8 Å². The van der Waals surface area contributed by atoms with Crippen LogP contribution >= 0.6 is 0 Å². The minimum absolute atomic E-state index is 0.145. The summed E-state index contributed by atoms with van der Waals surface area (Å²) in [6, 6.07) is 6.05. The predicted molar refractivity (Wildman–Crippen MR) is 68.1 cm³/mol. The first-order chi connectivity index (χ1) is 8.83. The highest BCUT2D eigenvalue weighted by Crippen LogP contribution is 2.31. The van der Waals surface area contributed by atoms with E-state index in [1.807, 2.05) is 19.0 Å². The molecule has 3 nitrogen and oxygen atoms in total. The summed E-state index contributed by atoms with van der Waals surface area (Å²) in [6.07, 6.45) is -3.97. The van der Waals surface area contributed by atoms with Gasteiger partial charge in [0.25, 0.3) is 0 Å². The molecular formula is C13H19F3N2O. The van der Waals surface area contributed by atoms with E-state index in [1.54, 1.807) is 19.2 Å². The molecule has 1 N–H and O–H groups in total. The molecule has 1 aromatic rings. The summed E-state index contributed by atoms with van der Waals surface area (Å²) in [7, 11) is 5.57. The van der Waals surface area contributed by atoms with Gasteiger partial charge in [-0.05, 0) is 40.2 Å². The summed E-state index contributed by atoms with van der Waals surface area (Å²) >= 11 is 0. The molecule has 0 amide bonds. The molecule has 0 saturated heterocycles. The van der Waals surface area contributed by atoms with E-state index in [-0.39, 0.29) is 11.8 Å². The minimum atomic E-state index is -4.67. The van der Waals surface area contributed by atoms with Gasteiger partial charge < -0.3 is 15.0 Å². The molecule has 0 fully saturated rings. The number of nitrogens with zero attached hydrogens (tertiary/aromatic N) is 1. The highest BCUT2D eigenvalue weighted by atomic mass is 19.4. The topological polar surface area (TPSA) is 24.5 Å². The normalized spacial score (nSPS) is 13.6. The van der Waals surface area contributed by atoms with Crippen LogP contribution in [0.1, 0.15) is 18.0 Å². The average molecular weight is 276 g/mol. The second-order valence-corrected chi connectivity index (χ2v) is 4.52. The molecule has 1 atom stereocenters. The molecule has 0 aliphatic rings. The quantitative estimate of drug-likeness (QED) is 0.864. The minimum Gasteiger partial charge on any atom is -0.405 e. The van der Waals surface area contributed by atoms with Gasteiger partial charge in [0.1, 0.15) is 5.75 Å². The van der Waals surface area contributed by atoms with E-state index >= 15 is 0 Å². The Balaban J connectivity index is 2.90. The van der Waals surface area contributed by atoms with Crippen LogP contribution in [-0.4, -0.2) is 39.0 Å². The predicted octanol–water partition coefficient (Wildman–Crippen LogP) is 2.80.